The molecule has 4 rings (SSSR count). The predicted molar refractivity (Wildman–Crippen MR) is 113 cm³/mol. The minimum absolute atomic E-state index is 0.0712. The van der Waals surface area contributed by atoms with Crippen molar-refractivity contribution in [2.75, 3.05) is 18.5 Å². The zero-order valence-corrected chi connectivity index (χ0v) is 16.5. The first-order chi connectivity index (χ1) is 13.6. The maximum atomic E-state index is 12.4. The molecular weight excluding hydrogens is 370 g/mol. The number of nitrogens with zero attached hydrogens (tertiary/aromatic N) is 3. The zero-order valence-electron chi connectivity index (χ0n) is 15.7. The van der Waals surface area contributed by atoms with Crippen molar-refractivity contribution in [2.24, 2.45) is 0 Å². The van der Waals surface area contributed by atoms with Crippen LogP contribution in [0.1, 0.15) is 23.4 Å². The maximum Gasteiger partial charge on any atom is 0.246 e. The molecule has 1 fully saturated rings. The van der Waals surface area contributed by atoms with E-state index in [1.54, 1.807) is 35.4 Å². The van der Waals surface area contributed by atoms with Crippen LogP contribution in [-0.4, -0.2) is 35.3 Å². The molecule has 0 unspecified atom stereocenters. The van der Waals surface area contributed by atoms with Gasteiger partial charge in [0.2, 0.25) is 11.8 Å². The average molecular weight is 391 g/mol. The van der Waals surface area contributed by atoms with Gasteiger partial charge in [-0.2, -0.15) is 0 Å². The molecule has 2 heterocycles. The van der Waals surface area contributed by atoms with E-state index in [2.05, 4.69) is 4.98 Å². The number of anilines is 1. The summed E-state index contributed by atoms with van der Waals surface area (Å²) in [6.07, 6.45) is 4.91. The smallest absolute Gasteiger partial charge is 0.246 e. The number of likely N-dealkylation sites (N-methyl/N-ethyl adjacent to an activating group) is 1. The molecule has 0 saturated carbocycles. The molecule has 0 N–H and O–H groups in total. The fourth-order valence-corrected chi connectivity index (χ4v) is 4.27. The molecule has 0 aliphatic carbocycles. The van der Waals surface area contributed by atoms with Crippen molar-refractivity contribution >= 4 is 45.1 Å². The lowest BCUT2D eigenvalue weighted by Crippen LogP contribution is -2.24. The summed E-state index contributed by atoms with van der Waals surface area (Å²) in [6, 6.07) is 15.7. The fraction of sp³-hybridized carbons (Fsp3) is 0.227. The van der Waals surface area contributed by atoms with Crippen molar-refractivity contribution < 1.29 is 9.59 Å². The van der Waals surface area contributed by atoms with Crippen LogP contribution >= 0.6 is 11.3 Å². The van der Waals surface area contributed by atoms with Crippen molar-refractivity contribution in [3.8, 4) is 0 Å². The third-order valence-corrected chi connectivity index (χ3v) is 5.80. The van der Waals surface area contributed by atoms with E-state index in [4.69, 9.17) is 0 Å². The zero-order chi connectivity index (χ0) is 19.5. The van der Waals surface area contributed by atoms with Crippen LogP contribution in [0.15, 0.2) is 54.6 Å². The molecule has 1 saturated heterocycles. The van der Waals surface area contributed by atoms with Crippen LogP contribution in [0.4, 0.5) is 5.69 Å². The quantitative estimate of drug-likeness (QED) is 0.616. The van der Waals surface area contributed by atoms with Gasteiger partial charge >= 0.3 is 0 Å². The van der Waals surface area contributed by atoms with Gasteiger partial charge < -0.3 is 9.80 Å². The van der Waals surface area contributed by atoms with E-state index in [9.17, 15) is 9.59 Å². The summed E-state index contributed by atoms with van der Waals surface area (Å²) in [5.74, 6) is 0.105. The fourth-order valence-electron chi connectivity index (χ4n) is 3.25. The molecule has 0 atom stereocenters. The minimum Gasteiger partial charge on any atom is -0.335 e. The van der Waals surface area contributed by atoms with Crippen molar-refractivity contribution in [3.63, 3.8) is 0 Å². The summed E-state index contributed by atoms with van der Waals surface area (Å²) < 4.78 is 1.13. The molecule has 0 radical (unpaired) electrons. The highest BCUT2D eigenvalue weighted by atomic mass is 32.1. The minimum atomic E-state index is -0.0712. The number of rotatable bonds is 5. The first kappa shape index (κ1) is 18.4. The topological polar surface area (TPSA) is 53.5 Å². The summed E-state index contributed by atoms with van der Waals surface area (Å²) in [5, 5.41) is 0.921. The summed E-state index contributed by atoms with van der Waals surface area (Å²) in [6.45, 7) is 1.27. The molecule has 6 heteroatoms. The summed E-state index contributed by atoms with van der Waals surface area (Å²) in [7, 11) is 1.78. The lowest BCUT2D eigenvalue weighted by molar-refractivity contribution is -0.125. The molecular formula is C22H21N3O2S. The Kier molecular flexibility index (Phi) is 5.21. The van der Waals surface area contributed by atoms with E-state index in [1.807, 2.05) is 53.4 Å². The van der Waals surface area contributed by atoms with Crippen molar-refractivity contribution in [2.45, 2.75) is 19.4 Å². The number of carbonyl (C=O) groups is 2. The summed E-state index contributed by atoms with van der Waals surface area (Å²) >= 11 is 1.61. The number of hydrogen-bond donors (Lipinski definition) is 0. The van der Waals surface area contributed by atoms with Crippen LogP contribution in [0.25, 0.3) is 16.3 Å². The molecule has 3 aromatic rings. The van der Waals surface area contributed by atoms with Gasteiger partial charge in [-0.15, -0.1) is 11.3 Å². The van der Waals surface area contributed by atoms with Crippen molar-refractivity contribution in [1.82, 2.24) is 9.88 Å². The highest BCUT2D eigenvalue weighted by molar-refractivity contribution is 7.18. The van der Waals surface area contributed by atoms with E-state index >= 15 is 0 Å². The number of carbonyl (C=O) groups excluding carboxylic acids is 2. The maximum absolute atomic E-state index is 12.4. The highest BCUT2D eigenvalue weighted by Crippen LogP contribution is 2.23. The first-order valence-corrected chi connectivity index (χ1v) is 10.1. The van der Waals surface area contributed by atoms with E-state index in [0.717, 1.165) is 39.4 Å². The molecule has 142 valence electrons. The second kappa shape index (κ2) is 7.94. The van der Waals surface area contributed by atoms with Gasteiger partial charge in [0.15, 0.2) is 0 Å². The third-order valence-electron chi connectivity index (χ3n) is 4.78. The normalized spacial score (nSPS) is 14.3. The Bertz CT molecular complexity index is 1010. The molecule has 2 aromatic carbocycles. The number of fused-ring (bicyclic) bond motifs is 1. The molecule has 1 aromatic heterocycles. The van der Waals surface area contributed by atoms with E-state index < -0.39 is 0 Å². The molecule has 2 amide bonds. The Hall–Kier alpha value is -2.99. The molecule has 28 heavy (non-hydrogen) atoms. The van der Waals surface area contributed by atoms with E-state index in [1.165, 1.54) is 0 Å². The lowest BCUT2D eigenvalue weighted by Gasteiger charge is -2.15. The van der Waals surface area contributed by atoms with Crippen LogP contribution in [0, 0.1) is 0 Å². The Morgan fingerprint density at radius 3 is 2.71 bits per heavy atom. The van der Waals surface area contributed by atoms with Gasteiger partial charge in [0.05, 0.1) is 16.8 Å². The van der Waals surface area contributed by atoms with E-state index in [0.29, 0.717) is 13.0 Å². The molecule has 0 spiro atoms. The number of benzene rings is 2. The second-order valence-electron chi connectivity index (χ2n) is 6.84. The second-order valence-corrected chi connectivity index (χ2v) is 7.96. The molecule has 0 bridgehead atoms. The Labute approximate surface area is 167 Å². The molecule has 1 aliphatic heterocycles. The summed E-state index contributed by atoms with van der Waals surface area (Å²) in [5.41, 5.74) is 2.81. The SMILES string of the molecule is CN(Cc1nc2ccccc2s1)C(=O)/C=C/c1ccc(N2CCCC2=O)cc1. The van der Waals surface area contributed by atoms with Gasteiger partial charge in [0.1, 0.15) is 5.01 Å². The molecule has 5 nitrogen and oxygen atoms in total. The number of hydrogen-bond acceptors (Lipinski definition) is 4. The Balaban J connectivity index is 1.38. The highest BCUT2D eigenvalue weighted by Gasteiger charge is 2.21. The Morgan fingerprint density at radius 2 is 2.00 bits per heavy atom. The average Bonchev–Trinajstić information content (AvgIpc) is 3.31. The number of amides is 2. The van der Waals surface area contributed by atoms with Gasteiger partial charge in [-0.05, 0) is 42.3 Å². The predicted octanol–water partition coefficient (Wildman–Crippen LogP) is 4.09. The van der Waals surface area contributed by atoms with Crippen LogP contribution in [-0.2, 0) is 16.1 Å². The van der Waals surface area contributed by atoms with Crippen molar-refractivity contribution in [3.05, 3.63) is 65.2 Å². The monoisotopic (exact) mass is 391 g/mol. The van der Waals surface area contributed by atoms with E-state index in [-0.39, 0.29) is 11.8 Å². The largest absolute Gasteiger partial charge is 0.335 e. The van der Waals surface area contributed by atoms with Crippen LogP contribution in [0.2, 0.25) is 0 Å². The Morgan fingerprint density at radius 1 is 1.21 bits per heavy atom. The number of para-hydroxylation sites is 1. The van der Waals surface area contributed by atoms with Crippen LogP contribution < -0.4 is 4.90 Å². The number of aromatic nitrogens is 1. The third kappa shape index (κ3) is 3.97. The van der Waals surface area contributed by atoms with Crippen LogP contribution in [0.3, 0.4) is 0 Å². The standard InChI is InChI=1S/C22H21N3O2S/c1-24(15-20-23-18-5-2-3-6-19(18)28-20)21(26)13-10-16-8-11-17(12-9-16)25-14-4-7-22(25)27/h2-3,5-6,8-13H,4,7,14-15H2,1H3/b13-10+. The van der Waals surface area contributed by atoms with Crippen molar-refractivity contribution in [1.29, 1.82) is 0 Å². The first-order valence-electron chi connectivity index (χ1n) is 9.28. The van der Waals surface area contributed by atoms with Gasteiger partial charge in [0.25, 0.3) is 0 Å². The summed E-state index contributed by atoms with van der Waals surface area (Å²) in [4.78, 5) is 32.3. The van der Waals surface area contributed by atoms with Gasteiger partial charge in [-0.1, -0.05) is 24.3 Å². The number of thiazole rings is 1. The van der Waals surface area contributed by atoms with Gasteiger partial charge in [-0.3, -0.25) is 9.59 Å². The van der Waals surface area contributed by atoms with Gasteiger partial charge in [0, 0.05) is 31.8 Å². The lowest BCUT2D eigenvalue weighted by atomic mass is 10.2. The molecule has 1 aliphatic rings. The van der Waals surface area contributed by atoms with Crippen LogP contribution in [0.5, 0.6) is 0 Å². The van der Waals surface area contributed by atoms with Gasteiger partial charge in [-0.25, -0.2) is 4.98 Å².